The number of aldehydes is 1. The van der Waals surface area contributed by atoms with Crippen LogP contribution in [-0.4, -0.2) is 23.8 Å². The van der Waals surface area contributed by atoms with Gasteiger partial charge in [-0.3, -0.25) is 4.90 Å². The van der Waals surface area contributed by atoms with E-state index < -0.39 is 0 Å². The summed E-state index contributed by atoms with van der Waals surface area (Å²) in [5.74, 6) is 0.969. The minimum absolute atomic E-state index is 0.204. The molecule has 3 aliphatic rings. The molecule has 1 aromatic rings. The quantitative estimate of drug-likeness (QED) is 0.729. The zero-order chi connectivity index (χ0) is 13.5. The fourth-order valence-corrected chi connectivity index (χ4v) is 4.97. The maximum atomic E-state index is 11.7. The molecule has 1 aliphatic carbocycles. The average Bonchev–Trinajstić information content (AvgIpc) is 2.53. The van der Waals surface area contributed by atoms with Gasteiger partial charge in [0.2, 0.25) is 0 Å². The van der Waals surface area contributed by atoms with Crippen molar-refractivity contribution in [3.63, 3.8) is 0 Å². The minimum Gasteiger partial charge on any atom is -0.303 e. The van der Waals surface area contributed by atoms with Crippen LogP contribution in [0.2, 0.25) is 0 Å². The van der Waals surface area contributed by atoms with Crippen molar-refractivity contribution in [2.24, 2.45) is 11.8 Å². The highest BCUT2D eigenvalue weighted by Crippen LogP contribution is 2.48. The van der Waals surface area contributed by atoms with E-state index in [1.807, 2.05) is 0 Å². The van der Waals surface area contributed by atoms with Gasteiger partial charge in [0.1, 0.15) is 6.29 Å². The van der Waals surface area contributed by atoms with Crippen LogP contribution in [0, 0.1) is 11.8 Å². The van der Waals surface area contributed by atoms with Gasteiger partial charge in [0.05, 0.1) is 0 Å². The molecule has 20 heavy (non-hydrogen) atoms. The molecule has 2 heterocycles. The lowest BCUT2D eigenvalue weighted by Crippen LogP contribution is -2.54. The van der Waals surface area contributed by atoms with Gasteiger partial charge in [-0.2, -0.15) is 0 Å². The lowest BCUT2D eigenvalue weighted by molar-refractivity contribution is -0.119. The number of benzene rings is 1. The number of fused-ring (bicyclic) bond motifs is 5. The lowest BCUT2D eigenvalue weighted by atomic mass is 9.69. The number of hydrogen-bond donors (Lipinski definition) is 0. The molecule has 0 amide bonds. The predicted octanol–water partition coefficient (Wildman–Crippen LogP) is 3.36. The first-order chi connectivity index (χ1) is 9.88. The smallest absolute Gasteiger partial charge is 0.124 e. The first kappa shape index (κ1) is 12.6. The Morgan fingerprint density at radius 3 is 2.90 bits per heavy atom. The Kier molecular flexibility index (Phi) is 3.14. The van der Waals surface area contributed by atoms with Crippen molar-refractivity contribution in [2.45, 2.75) is 50.6 Å². The molecule has 0 N–H and O–H groups in total. The fourth-order valence-electron chi connectivity index (χ4n) is 4.97. The van der Waals surface area contributed by atoms with Crippen LogP contribution in [0.1, 0.15) is 49.3 Å². The van der Waals surface area contributed by atoms with Crippen molar-refractivity contribution < 1.29 is 4.79 Å². The van der Waals surface area contributed by atoms with E-state index in [0.717, 1.165) is 31.3 Å². The Bertz CT molecular complexity index is 512. The maximum absolute atomic E-state index is 11.7. The third-order valence-corrected chi connectivity index (χ3v) is 5.82. The Morgan fingerprint density at radius 1 is 1.15 bits per heavy atom. The van der Waals surface area contributed by atoms with E-state index in [1.165, 1.54) is 43.1 Å². The second kappa shape index (κ2) is 5.00. The van der Waals surface area contributed by atoms with Crippen molar-refractivity contribution in [2.75, 3.05) is 6.54 Å². The summed E-state index contributed by atoms with van der Waals surface area (Å²) in [6.07, 6.45) is 8.92. The minimum atomic E-state index is 0.204. The molecule has 4 atom stereocenters. The largest absolute Gasteiger partial charge is 0.303 e. The van der Waals surface area contributed by atoms with Gasteiger partial charge in [0, 0.05) is 24.5 Å². The van der Waals surface area contributed by atoms with E-state index in [4.69, 9.17) is 0 Å². The number of rotatable bonds is 1. The van der Waals surface area contributed by atoms with Crippen molar-refractivity contribution in [1.29, 1.82) is 0 Å². The lowest BCUT2D eigenvalue weighted by Gasteiger charge is -2.53. The number of carbonyl (C=O) groups excluding carboxylic acids is 1. The zero-order valence-corrected chi connectivity index (χ0v) is 12.0. The monoisotopic (exact) mass is 269 g/mol. The van der Waals surface area contributed by atoms with Gasteiger partial charge < -0.3 is 4.79 Å². The topological polar surface area (TPSA) is 20.3 Å². The molecular weight excluding hydrogens is 246 g/mol. The molecule has 2 heteroatoms. The van der Waals surface area contributed by atoms with E-state index in [2.05, 4.69) is 29.2 Å². The summed E-state index contributed by atoms with van der Waals surface area (Å²) in [7, 11) is 0. The predicted molar refractivity (Wildman–Crippen MR) is 79.5 cm³/mol. The van der Waals surface area contributed by atoms with Crippen molar-refractivity contribution in [1.82, 2.24) is 4.90 Å². The summed E-state index contributed by atoms with van der Waals surface area (Å²) in [6.45, 7) is 1.15. The third-order valence-electron chi connectivity index (χ3n) is 5.82. The van der Waals surface area contributed by atoms with E-state index in [9.17, 15) is 4.79 Å². The summed E-state index contributed by atoms with van der Waals surface area (Å²) in [6, 6.07) is 9.87. The number of nitrogens with zero attached hydrogens (tertiary/aromatic N) is 1. The van der Waals surface area contributed by atoms with E-state index in [-0.39, 0.29) is 5.92 Å². The first-order valence-corrected chi connectivity index (χ1v) is 8.17. The molecule has 4 unspecified atom stereocenters. The molecule has 1 saturated carbocycles. The summed E-state index contributed by atoms with van der Waals surface area (Å²) in [4.78, 5) is 14.4. The molecule has 106 valence electrons. The molecule has 2 nitrogen and oxygen atoms in total. The van der Waals surface area contributed by atoms with E-state index in [0.29, 0.717) is 6.04 Å². The molecular formula is C18H23NO. The highest BCUT2D eigenvalue weighted by atomic mass is 16.1. The van der Waals surface area contributed by atoms with Gasteiger partial charge in [-0.15, -0.1) is 0 Å². The molecule has 4 rings (SSSR count). The Balaban J connectivity index is 1.74. The van der Waals surface area contributed by atoms with Crippen molar-refractivity contribution in [3.8, 4) is 0 Å². The molecule has 1 aromatic carbocycles. The molecule has 0 aromatic heterocycles. The number of hydrogen-bond acceptors (Lipinski definition) is 2. The summed E-state index contributed by atoms with van der Waals surface area (Å²) in [5.41, 5.74) is 2.90. The van der Waals surface area contributed by atoms with Gasteiger partial charge in [0.15, 0.2) is 0 Å². The number of piperidine rings is 1. The van der Waals surface area contributed by atoms with Crippen LogP contribution in [0.5, 0.6) is 0 Å². The Hall–Kier alpha value is -1.15. The molecule has 0 radical (unpaired) electrons. The van der Waals surface area contributed by atoms with Gasteiger partial charge in [-0.1, -0.05) is 37.1 Å². The average molecular weight is 269 g/mol. The zero-order valence-electron chi connectivity index (χ0n) is 12.0. The Morgan fingerprint density at radius 2 is 2.00 bits per heavy atom. The van der Waals surface area contributed by atoms with Crippen molar-refractivity contribution >= 4 is 6.29 Å². The fraction of sp³-hybridized carbons (Fsp3) is 0.611. The van der Waals surface area contributed by atoms with E-state index in [1.54, 1.807) is 0 Å². The standard InChI is InChI=1S/C18H23NO/c20-12-15-11-14-6-2-4-8-17(14)19-10-9-13-5-1-3-7-16(13)18(15)19/h1,3,5,7,12,14-15,17-18H,2,4,6,8-11H2. The highest BCUT2D eigenvalue weighted by Gasteiger charge is 2.45. The third kappa shape index (κ3) is 1.85. The molecule has 2 fully saturated rings. The van der Waals surface area contributed by atoms with Crippen molar-refractivity contribution in [3.05, 3.63) is 35.4 Å². The van der Waals surface area contributed by atoms with Gasteiger partial charge >= 0.3 is 0 Å². The summed E-state index contributed by atoms with van der Waals surface area (Å²) in [5, 5.41) is 0. The summed E-state index contributed by atoms with van der Waals surface area (Å²) < 4.78 is 0. The highest BCUT2D eigenvalue weighted by molar-refractivity contribution is 5.57. The Labute approximate surface area is 121 Å². The van der Waals surface area contributed by atoms with Gasteiger partial charge in [-0.05, 0) is 42.7 Å². The van der Waals surface area contributed by atoms with Crippen LogP contribution in [-0.2, 0) is 11.2 Å². The second-order valence-corrected chi connectivity index (χ2v) is 6.78. The maximum Gasteiger partial charge on any atom is 0.124 e. The molecule has 2 aliphatic heterocycles. The SMILES string of the molecule is O=CC1CC2CCCCC2N2CCc3ccccc3C12. The van der Waals surface area contributed by atoms with Crippen LogP contribution in [0.25, 0.3) is 0 Å². The van der Waals surface area contributed by atoms with Gasteiger partial charge in [-0.25, -0.2) is 0 Å². The first-order valence-electron chi connectivity index (χ1n) is 8.17. The van der Waals surface area contributed by atoms with Crippen LogP contribution in [0.4, 0.5) is 0 Å². The number of carbonyl (C=O) groups is 1. The molecule has 1 saturated heterocycles. The normalized spacial score (nSPS) is 36.6. The van der Waals surface area contributed by atoms with E-state index >= 15 is 0 Å². The van der Waals surface area contributed by atoms with Crippen LogP contribution in [0.3, 0.4) is 0 Å². The molecule has 0 bridgehead atoms. The second-order valence-electron chi connectivity index (χ2n) is 6.78. The van der Waals surface area contributed by atoms with Crippen LogP contribution < -0.4 is 0 Å². The van der Waals surface area contributed by atoms with Gasteiger partial charge in [0.25, 0.3) is 0 Å². The molecule has 0 spiro atoms. The van der Waals surface area contributed by atoms with Crippen LogP contribution in [0.15, 0.2) is 24.3 Å². The summed E-state index contributed by atoms with van der Waals surface area (Å²) >= 11 is 0. The van der Waals surface area contributed by atoms with Crippen LogP contribution >= 0.6 is 0 Å².